The standard InChI is InChI=1S/C9H16N2O/c1-2-9-5-3-7-11(9)12-8-4-6-10/h9H,2-5,7-8H2,1H3. The van der Waals surface area contributed by atoms with Crippen LogP contribution in [0.15, 0.2) is 0 Å². The zero-order chi connectivity index (χ0) is 8.81. The Morgan fingerprint density at radius 1 is 1.67 bits per heavy atom. The van der Waals surface area contributed by atoms with Crippen molar-refractivity contribution in [1.29, 1.82) is 5.26 Å². The lowest BCUT2D eigenvalue weighted by molar-refractivity contribution is -0.167. The maximum absolute atomic E-state index is 8.31. The fourth-order valence-corrected chi connectivity index (χ4v) is 1.60. The Balaban J connectivity index is 2.18. The van der Waals surface area contributed by atoms with Crippen LogP contribution in [-0.2, 0) is 4.84 Å². The summed E-state index contributed by atoms with van der Waals surface area (Å²) in [5, 5.41) is 10.4. The van der Waals surface area contributed by atoms with E-state index in [-0.39, 0.29) is 0 Å². The number of rotatable bonds is 4. The first-order valence-corrected chi connectivity index (χ1v) is 4.65. The third-order valence-corrected chi connectivity index (χ3v) is 2.27. The second-order valence-corrected chi connectivity index (χ2v) is 3.09. The Hall–Kier alpha value is -0.590. The second-order valence-electron chi connectivity index (χ2n) is 3.09. The summed E-state index contributed by atoms with van der Waals surface area (Å²) in [6.07, 6.45) is 4.10. The first-order chi connectivity index (χ1) is 5.88. The Kier molecular flexibility index (Phi) is 4.06. The Labute approximate surface area is 73.9 Å². The zero-order valence-corrected chi connectivity index (χ0v) is 7.62. The minimum Gasteiger partial charge on any atom is -0.298 e. The van der Waals surface area contributed by atoms with E-state index in [4.69, 9.17) is 10.1 Å². The van der Waals surface area contributed by atoms with Crippen LogP contribution in [0.3, 0.4) is 0 Å². The van der Waals surface area contributed by atoms with Crippen LogP contribution >= 0.6 is 0 Å². The fraction of sp³-hybridized carbons (Fsp3) is 0.889. The van der Waals surface area contributed by atoms with Crippen LogP contribution < -0.4 is 0 Å². The van der Waals surface area contributed by atoms with Gasteiger partial charge >= 0.3 is 0 Å². The molecule has 1 aliphatic rings. The summed E-state index contributed by atoms with van der Waals surface area (Å²) in [6, 6.07) is 2.66. The van der Waals surface area contributed by atoms with Crippen molar-refractivity contribution in [1.82, 2.24) is 5.06 Å². The molecule has 3 nitrogen and oxygen atoms in total. The van der Waals surface area contributed by atoms with Crippen molar-refractivity contribution in [3.05, 3.63) is 0 Å². The number of hydrogen-bond acceptors (Lipinski definition) is 3. The van der Waals surface area contributed by atoms with Crippen molar-refractivity contribution in [3.63, 3.8) is 0 Å². The first-order valence-electron chi connectivity index (χ1n) is 4.65. The molecule has 1 atom stereocenters. The molecule has 0 radical (unpaired) electrons. The topological polar surface area (TPSA) is 36.3 Å². The summed E-state index contributed by atoms with van der Waals surface area (Å²) in [5.74, 6) is 0. The summed E-state index contributed by atoms with van der Waals surface area (Å²) < 4.78 is 0. The highest BCUT2D eigenvalue weighted by Gasteiger charge is 2.23. The summed E-state index contributed by atoms with van der Waals surface area (Å²) in [6.45, 7) is 3.76. The number of hydroxylamine groups is 2. The smallest absolute Gasteiger partial charge is 0.0815 e. The number of nitriles is 1. The summed E-state index contributed by atoms with van der Waals surface area (Å²) in [4.78, 5) is 5.46. The van der Waals surface area contributed by atoms with Gasteiger partial charge in [-0.2, -0.15) is 10.3 Å². The molecule has 0 N–H and O–H groups in total. The van der Waals surface area contributed by atoms with E-state index in [2.05, 4.69) is 13.0 Å². The molecule has 3 heteroatoms. The van der Waals surface area contributed by atoms with Gasteiger partial charge in [0.1, 0.15) is 0 Å². The lowest BCUT2D eigenvalue weighted by atomic mass is 10.2. The lowest BCUT2D eigenvalue weighted by Crippen LogP contribution is -2.29. The molecule has 0 spiro atoms. The number of nitrogens with zero attached hydrogens (tertiary/aromatic N) is 2. The van der Waals surface area contributed by atoms with Gasteiger partial charge in [0.2, 0.25) is 0 Å². The van der Waals surface area contributed by atoms with Gasteiger partial charge in [-0.1, -0.05) is 6.92 Å². The van der Waals surface area contributed by atoms with Gasteiger partial charge < -0.3 is 0 Å². The molecule has 1 heterocycles. The van der Waals surface area contributed by atoms with E-state index in [9.17, 15) is 0 Å². The van der Waals surface area contributed by atoms with Crippen molar-refractivity contribution in [2.24, 2.45) is 0 Å². The molecule has 68 valence electrons. The third-order valence-electron chi connectivity index (χ3n) is 2.27. The van der Waals surface area contributed by atoms with Crippen molar-refractivity contribution in [2.45, 2.75) is 38.6 Å². The van der Waals surface area contributed by atoms with E-state index >= 15 is 0 Å². The molecule has 12 heavy (non-hydrogen) atoms. The van der Waals surface area contributed by atoms with Crippen LogP contribution in [-0.4, -0.2) is 24.3 Å². The Morgan fingerprint density at radius 2 is 2.50 bits per heavy atom. The molecule has 1 unspecified atom stereocenters. The number of hydrogen-bond donors (Lipinski definition) is 0. The normalized spacial score (nSPS) is 24.2. The van der Waals surface area contributed by atoms with Crippen LogP contribution in [0, 0.1) is 11.3 Å². The van der Waals surface area contributed by atoms with Gasteiger partial charge in [0.05, 0.1) is 19.1 Å². The van der Waals surface area contributed by atoms with E-state index in [0.29, 0.717) is 19.1 Å². The van der Waals surface area contributed by atoms with Crippen molar-refractivity contribution in [3.8, 4) is 6.07 Å². The maximum Gasteiger partial charge on any atom is 0.0815 e. The second kappa shape index (κ2) is 5.13. The van der Waals surface area contributed by atoms with E-state index in [1.54, 1.807) is 0 Å². The molecular weight excluding hydrogens is 152 g/mol. The summed E-state index contributed by atoms with van der Waals surface area (Å²) >= 11 is 0. The molecule has 0 aromatic heterocycles. The molecule has 0 amide bonds. The van der Waals surface area contributed by atoms with E-state index in [1.807, 2.05) is 5.06 Å². The predicted molar refractivity (Wildman–Crippen MR) is 46.2 cm³/mol. The van der Waals surface area contributed by atoms with Gasteiger partial charge in [-0.05, 0) is 19.3 Å². The molecule has 1 aliphatic heterocycles. The highest BCUT2D eigenvalue weighted by atomic mass is 16.7. The van der Waals surface area contributed by atoms with Gasteiger partial charge in [-0.15, -0.1) is 0 Å². The SMILES string of the molecule is CCC1CCCN1OCCC#N. The maximum atomic E-state index is 8.31. The van der Waals surface area contributed by atoms with Gasteiger partial charge in [-0.25, -0.2) is 0 Å². The minimum absolute atomic E-state index is 0.493. The zero-order valence-electron chi connectivity index (χ0n) is 7.62. The van der Waals surface area contributed by atoms with Crippen molar-refractivity contribution < 1.29 is 4.84 Å². The predicted octanol–water partition coefficient (Wildman–Crippen LogP) is 1.71. The third kappa shape index (κ3) is 2.47. The quantitative estimate of drug-likeness (QED) is 0.599. The lowest BCUT2D eigenvalue weighted by Gasteiger charge is -2.21. The largest absolute Gasteiger partial charge is 0.298 e. The molecule has 0 aromatic rings. The van der Waals surface area contributed by atoms with Gasteiger partial charge in [0.25, 0.3) is 0 Å². The Morgan fingerprint density at radius 3 is 3.17 bits per heavy atom. The minimum atomic E-state index is 0.493. The first kappa shape index (κ1) is 9.50. The van der Waals surface area contributed by atoms with Gasteiger partial charge in [-0.3, -0.25) is 4.84 Å². The Bertz CT molecular complexity index is 164. The molecule has 1 rings (SSSR count). The molecule has 0 aliphatic carbocycles. The van der Waals surface area contributed by atoms with Crippen molar-refractivity contribution >= 4 is 0 Å². The fourth-order valence-electron chi connectivity index (χ4n) is 1.60. The molecule has 1 fully saturated rings. The van der Waals surface area contributed by atoms with E-state index in [1.165, 1.54) is 12.8 Å². The van der Waals surface area contributed by atoms with Crippen LogP contribution in [0.5, 0.6) is 0 Å². The molecule has 0 aromatic carbocycles. The van der Waals surface area contributed by atoms with Crippen LogP contribution in [0.2, 0.25) is 0 Å². The highest BCUT2D eigenvalue weighted by molar-refractivity contribution is 4.73. The van der Waals surface area contributed by atoms with E-state index in [0.717, 1.165) is 13.0 Å². The monoisotopic (exact) mass is 168 g/mol. The molecular formula is C9H16N2O. The van der Waals surface area contributed by atoms with Crippen LogP contribution in [0.1, 0.15) is 32.6 Å². The highest BCUT2D eigenvalue weighted by Crippen LogP contribution is 2.19. The molecule has 1 saturated heterocycles. The molecule has 0 bridgehead atoms. The van der Waals surface area contributed by atoms with E-state index < -0.39 is 0 Å². The molecule has 0 saturated carbocycles. The van der Waals surface area contributed by atoms with Gasteiger partial charge in [0, 0.05) is 12.6 Å². The van der Waals surface area contributed by atoms with Crippen LogP contribution in [0.25, 0.3) is 0 Å². The summed E-state index contributed by atoms with van der Waals surface area (Å²) in [7, 11) is 0. The van der Waals surface area contributed by atoms with Crippen LogP contribution in [0.4, 0.5) is 0 Å². The average Bonchev–Trinajstić information content (AvgIpc) is 2.52. The van der Waals surface area contributed by atoms with Crippen molar-refractivity contribution in [2.75, 3.05) is 13.2 Å². The average molecular weight is 168 g/mol. The summed E-state index contributed by atoms with van der Waals surface area (Å²) in [5.41, 5.74) is 0. The van der Waals surface area contributed by atoms with Gasteiger partial charge in [0.15, 0.2) is 0 Å².